The summed E-state index contributed by atoms with van der Waals surface area (Å²) in [5, 5.41) is 16.1. The molecule has 4 aromatic rings. The van der Waals surface area contributed by atoms with Crippen LogP contribution < -0.4 is 21.3 Å². The monoisotopic (exact) mass is 778 g/mol. The first-order chi connectivity index (χ1) is 26.3. The molecule has 0 aliphatic rings. The van der Waals surface area contributed by atoms with Gasteiger partial charge in [-0.3, -0.25) is 0 Å². The van der Waals surface area contributed by atoms with Gasteiger partial charge in [0.2, 0.25) is 0 Å². The van der Waals surface area contributed by atoms with Crippen LogP contribution in [0.3, 0.4) is 0 Å². The van der Waals surface area contributed by atoms with Gasteiger partial charge in [0.1, 0.15) is 0 Å². The molecule has 0 aliphatic heterocycles. The molecule has 294 valence electrons. The second kappa shape index (κ2) is 21.9. The predicted octanol–water partition coefficient (Wildman–Crippen LogP) is 8.78. The maximum absolute atomic E-state index is 13.5. The molecule has 0 radical (unpaired) electrons. The molecular weight excluding hydrogens is 721 g/mol. The molecule has 4 aromatic carbocycles. The topological polar surface area (TPSA) is 138 Å². The number of rotatable bonds is 23. The zero-order valence-electron chi connectivity index (χ0n) is 32.7. The van der Waals surface area contributed by atoms with Crippen LogP contribution in [0.4, 0.5) is 21.0 Å². The van der Waals surface area contributed by atoms with Crippen LogP contribution in [0.25, 0.3) is 32.7 Å². The molecule has 14 heteroatoms. The molecule has 0 saturated carbocycles. The van der Waals surface area contributed by atoms with E-state index < -0.39 is 17.6 Å². The molecule has 12 nitrogen and oxygen atoms in total. The molecule has 0 unspecified atom stereocenters. The number of benzene rings is 4. The molecule has 0 saturated heterocycles. The Morgan fingerprint density at radius 3 is 1.15 bits per heavy atom. The van der Waals surface area contributed by atoms with E-state index in [1.807, 2.05) is 114 Å². The lowest BCUT2D eigenvalue weighted by atomic mass is 9.91. The van der Waals surface area contributed by atoms with Crippen molar-refractivity contribution in [3.63, 3.8) is 0 Å². The molecule has 4 rings (SSSR count). The van der Waals surface area contributed by atoms with Gasteiger partial charge in [-0.25, -0.2) is 9.59 Å². The van der Waals surface area contributed by atoms with Crippen molar-refractivity contribution in [3.8, 4) is 11.1 Å². The Kier molecular flexibility index (Phi) is 17.4. The maximum atomic E-state index is 13.5. The van der Waals surface area contributed by atoms with Crippen molar-refractivity contribution < 1.29 is 36.1 Å². The first kappa shape index (κ1) is 42.9. The van der Waals surface area contributed by atoms with E-state index in [1.165, 1.54) is 0 Å². The number of carbonyl (C=O) groups is 2. The molecule has 0 spiro atoms. The summed E-state index contributed by atoms with van der Waals surface area (Å²) in [6.07, 6.45) is 1.26. The predicted molar refractivity (Wildman–Crippen MR) is 221 cm³/mol. The van der Waals surface area contributed by atoms with Crippen molar-refractivity contribution >= 4 is 62.6 Å². The quantitative estimate of drug-likeness (QED) is 0.0433. The summed E-state index contributed by atoms with van der Waals surface area (Å²) in [4.78, 5) is 27.0. The molecule has 0 aliphatic carbocycles. The van der Waals surface area contributed by atoms with Crippen LogP contribution in [0.15, 0.2) is 72.8 Å². The average Bonchev–Trinajstić information content (AvgIpc) is 3.16. The third kappa shape index (κ3) is 11.6. The Bertz CT molecular complexity index is 1630. The molecule has 0 heterocycles. The summed E-state index contributed by atoms with van der Waals surface area (Å²) in [7, 11) is -5.66. The van der Waals surface area contributed by atoms with Crippen LogP contribution in [0.2, 0.25) is 12.1 Å². The Hall–Kier alpha value is -3.87. The van der Waals surface area contributed by atoms with Crippen molar-refractivity contribution in [2.75, 3.05) is 63.4 Å². The largest absolute Gasteiger partial charge is 0.500 e. The van der Waals surface area contributed by atoms with E-state index in [0.717, 1.165) is 32.7 Å². The Morgan fingerprint density at radius 1 is 0.481 bits per heavy atom. The fraction of sp³-hybridized carbons (Fsp3) is 0.450. The summed E-state index contributed by atoms with van der Waals surface area (Å²) in [6, 6.07) is 24.3. The van der Waals surface area contributed by atoms with Crippen LogP contribution in [-0.2, 0) is 26.6 Å². The molecule has 4 N–H and O–H groups in total. The maximum Gasteiger partial charge on any atom is 0.500 e. The van der Waals surface area contributed by atoms with Gasteiger partial charge < -0.3 is 47.8 Å². The van der Waals surface area contributed by atoms with Crippen LogP contribution in [0.5, 0.6) is 0 Å². The van der Waals surface area contributed by atoms with Crippen molar-refractivity contribution in [1.82, 2.24) is 10.6 Å². The zero-order chi connectivity index (χ0) is 38.8. The van der Waals surface area contributed by atoms with Crippen molar-refractivity contribution in [2.45, 2.75) is 66.5 Å². The number of fused-ring (bicyclic) bond motifs is 2. The Labute approximate surface area is 322 Å². The number of carbonyl (C=O) groups excluding carboxylic acids is 2. The van der Waals surface area contributed by atoms with E-state index in [9.17, 15) is 9.59 Å². The van der Waals surface area contributed by atoms with Gasteiger partial charge in [-0.1, -0.05) is 60.7 Å². The van der Waals surface area contributed by atoms with Gasteiger partial charge in [-0.2, -0.15) is 0 Å². The minimum atomic E-state index is -2.83. The molecule has 0 bridgehead atoms. The highest BCUT2D eigenvalue weighted by molar-refractivity contribution is 6.61. The number of anilines is 2. The molecule has 54 heavy (non-hydrogen) atoms. The minimum absolute atomic E-state index is 0.346. The Morgan fingerprint density at radius 2 is 0.815 bits per heavy atom. The van der Waals surface area contributed by atoms with E-state index in [-0.39, 0.29) is 12.1 Å². The minimum Gasteiger partial charge on any atom is -0.374 e. The molecule has 0 atom stereocenters. The second-order valence-electron chi connectivity index (χ2n) is 12.4. The lowest BCUT2D eigenvalue weighted by molar-refractivity contribution is 0.0701. The van der Waals surface area contributed by atoms with Crippen LogP contribution in [-0.4, -0.2) is 82.4 Å². The first-order valence-electron chi connectivity index (χ1n) is 19.2. The van der Waals surface area contributed by atoms with E-state index >= 15 is 0 Å². The summed E-state index contributed by atoms with van der Waals surface area (Å²) in [6.45, 7) is 15.4. The summed E-state index contributed by atoms with van der Waals surface area (Å²) < 4.78 is 35.9. The molecule has 4 amide bonds. The fourth-order valence-electron chi connectivity index (χ4n) is 6.64. The van der Waals surface area contributed by atoms with E-state index in [2.05, 4.69) is 21.3 Å². The number of hydrogen-bond acceptors (Lipinski definition) is 8. The van der Waals surface area contributed by atoms with Gasteiger partial charge in [0.05, 0.1) is 11.4 Å². The van der Waals surface area contributed by atoms with Crippen molar-refractivity contribution in [3.05, 3.63) is 72.8 Å². The lowest BCUT2D eigenvalue weighted by Crippen LogP contribution is -2.46. The standard InChI is InChI=1S/C40H58N4O8Si2/c1-7-47-53(48-8-2,49-9-3)29-17-27-41-39(45)43-35-25-23-31-19-13-15-21-33(31)37(35)38-34-22-16-14-20-32(34)24-26-36(38)44-40(46)42-28-18-30-54(50-10-4,51-11-5)52-12-6/h13-16,19-26H,7-12,17-18,27-30H2,1-6H3,(H2,41,43,45)(H2,42,44,46). The number of hydrogen-bond donors (Lipinski definition) is 4. The van der Waals surface area contributed by atoms with E-state index in [0.29, 0.717) is 89.0 Å². The highest BCUT2D eigenvalue weighted by Gasteiger charge is 2.40. The van der Waals surface area contributed by atoms with Gasteiger partial charge in [0.25, 0.3) is 0 Å². The van der Waals surface area contributed by atoms with Crippen LogP contribution in [0.1, 0.15) is 54.4 Å². The van der Waals surface area contributed by atoms with Gasteiger partial charge in [0, 0.05) is 75.9 Å². The highest BCUT2D eigenvalue weighted by Crippen LogP contribution is 2.43. The molecular formula is C40H58N4O8Si2. The highest BCUT2D eigenvalue weighted by atomic mass is 28.4. The Balaban J connectivity index is 1.58. The zero-order valence-corrected chi connectivity index (χ0v) is 34.7. The third-order valence-corrected chi connectivity index (χ3v) is 15.0. The van der Waals surface area contributed by atoms with E-state index in [1.54, 1.807) is 0 Å². The van der Waals surface area contributed by atoms with E-state index in [4.69, 9.17) is 26.6 Å². The average molecular weight is 779 g/mol. The van der Waals surface area contributed by atoms with Gasteiger partial charge in [0.15, 0.2) is 0 Å². The third-order valence-electron chi connectivity index (χ3n) is 8.68. The number of amides is 4. The normalized spacial score (nSPS) is 11.9. The summed E-state index contributed by atoms with van der Waals surface area (Å²) in [5.74, 6) is 0. The molecule has 0 aromatic heterocycles. The lowest BCUT2D eigenvalue weighted by Gasteiger charge is -2.28. The van der Waals surface area contributed by atoms with Crippen LogP contribution >= 0.6 is 0 Å². The summed E-state index contributed by atoms with van der Waals surface area (Å²) in [5.41, 5.74) is 2.81. The second-order valence-corrected chi connectivity index (χ2v) is 17.8. The smallest absolute Gasteiger partial charge is 0.374 e. The van der Waals surface area contributed by atoms with Crippen molar-refractivity contribution in [2.24, 2.45) is 0 Å². The first-order valence-corrected chi connectivity index (χ1v) is 23.1. The summed E-state index contributed by atoms with van der Waals surface area (Å²) >= 11 is 0. The van der Waals surface area contributed by atoms with Gasteiger partial charge >= 0.3 is 29.7 Å². The van der Waals surface area contributed by atoms with Gasteiger partial charge in [-0.15, -0.1) is 0 Å². The number of nitrogens with one attached hydrogen (secondary N) is 4. The van der Waals surface area contributed by atoms with Crippen molar-refractivity contribution in [1.29, 1.82) is 0 Å². The van der Waals surface area contributed by atoms with Crippen LogP contribution in [0, 0.1) is 0 Å². The molecule has 0 fully saturated rings. The SMILES string of the molecule is CCO[Si](CCCNC(=O)Nc1ccc2ccccc2c1-c1c(NC(=O)NCCC[Si](OCC)(OCC)OCC)ccc2ccccc12)(OCC)OCC. The van der Waals surface area contributed by atoms with Gasteiger partial charge in [-0.05, 0) is 88.1 Å². The fourth-order valence-corrected chi connectivity index (χ4v) is 11.9. The number of urea groups is 2.